The fourth-order valence-electron chi connectivity index (χ4n) is 9.12. The molecule has 0 amide bonds. The summed E-state index contributed by atoms with van der Waals surface area (Å²) in [5.41, 5.74) is 10.2. The molecule has 1 heterocycles. The molecule has 0 saturated carbocycles. The van der Waals surface area contributed by atoms with E-state index >= 15 is 0 Å². The first-order chi connectivity index (χ1) is 27.0. The maximum Gasteiger partial charge on any atom is 0.164 e. The largest absolute Gasteiger partial charge is 0.208 e. The maximum absolute atomic E-state index is 5.28. The van der Waals surface area contributed by atoms with Crippen LogP contribution in [0.1, 0.15) is 25.0 Å². The number of rotatable bonds is 4. The van der Waals surface area contributed by atoms with E-state index in [4.69, 9.17) is 15.0 Å². The van der Waals surface area contributed by atoms with Gasteiger partial charge in [0.25, 0.3) is 0 Å². The first-order valence-corrected chi connectivity index (χ1v) is 19.0. The Balaban J connectivity index is 1.11. The average molecular weight is 702 g/mol. The fourth-order valence-corrected chi connectivity index (χ4v) is 9.12. The predicted molar refractivity (Wildman–Crippen MR) is 229 cm³/mol. The van der Waals surface area contributed by atoms with Crippen LogP contribution >= 0.6 is 0 Å². The minimum absolute atomic E-state index is 0.127. The quantitative estimate of drug-likeness (QED) is 0.171. The lowest BCUT2D eigenvalue weighted by atomic mass is 9.82. The zero-order valence-electron chi connectivity index (χ0n) is 30.6. The Morgan fingerprint density at radius 1 is 0.327 bits per heavy atom. The van der Waals surface area contributed by atoms with Crippen molar-refractivity contribution in [2.24, 2.45) is 0 Å². The van der Waals surface area contributed by atoms with E-state index in [0.717, 1.165) is 22.3 Å². The van der Waals surface area contributed by atoms with Gasteiger partial charge in [0.05, 0.1) is 0 Å². The van der Waals surface area contributed by atoms with E-state index in [-0.39, 0.29) is 5.41 Å². The molecular formula is C52H35N3. The Morgan fingerprint density at radius 2 is 0.800 bits per heavy atom. The van der Waals surface area contributed by atoms with Gasteiger partial charge in [-0.2, -0.15) is 0 Å². The number of aromatic nitrogens is 3. The van der Waals surface area contributed by atoms with Crippen LogP contribution < -0.4 is 0 Å². The lowest BCUT2D eigenvalue weighted by Crippen LogP contribution is -2.14. The van der Waals surface area contributed by atoms with Gasteiger partial charge >= 0.3 is 0 Å². The highest BCUT2D eigenvalue weighted by Gasteiger charge is 2.37. The number of benzene rings is 9. The Kier molecular flexibility index (Phi) is 6.90. The van der Waals surface area contributed by atoms with Gasteiger partial charge < -0.3 is 0 Å². The minimum Gasteiger partial charge on any atom is -0.208 e. The van der Waals surface area contributed by atoms with Crippen LogP contribution in [0, 0.1) is 0 Å². The van der Waals surface area contributed by atoms with Crippen molar-refractivity contribution < 1.29 is 0 Å². The number of nitrogens with zero attached hydrogens (tertiary/aromatic N) is 3. The van der Waals surface area contributed by atoms with E-state index in [1.165, 1.54) is 70.9 Å². The SMILES string of the molecule is CC1(C)c2ccccc2-c2c(-c3nc(-c4ccccc4)nc(-c4cccc(-c5cccc6c5ccc5c7ccccc7c7ccccc7c65)c4)n3)cccc21. The Labute approximate surface area is 319 Å². The van der Waals surface area contributed by atoms with Gasteiger partial charge in [-0.25, -0.2) is 15.0 Å². The van der Waals surface area contributed by atoms with Crippen LogP contribution in [0.2, 0.25) is 0 Å². The van der Waals surface area contributed by atoms with Crippen LogP contribution in [0.5, 0.6) is 0 Å². The molecule has 1 aliphatic carbocycles. The molecule has 1 aliphatic rings. The van der Waals surface area contributed by atoms with Gasteiger partial charge in [0.1, 0.15) is 0 Å². The second-order valence-electron chi connectivity index (χ2n) is 15.1. The van der Waals surface area contributed by atoms with Gasteiger partial charge in [-0.15, -0.1) is 0 Å². The standard InChI is InChI=1S/C52H35N3/c1-52(2)45-27-11-10-23-43(45)48-44(26-14-28-46(48)52)51-54-49(32-15-4-3-5-16-32)53-50(55-51)34-18-12-17-33(31-34)35-24-13-25-41-39(35)29-30-42-38-21-7-6-19-36(38)37-20-8-9-22-40(37)47(41)42/h3-31H,1-2H3. The van der Waals surface area contributed by atoms with E-state index in [1.54, 1.807) is 0 Å². The highest BCUT2D eigenvalue weighted by atomic mass is 15.0. The molecule has 1 aromatic heterocycles. The summed E-state index contributed by atoms with van der Waals surface area (Å²) < 4.78 is 0. The third kappa shape index (κ3) is 4.79. The van der Waals surface area contributed by atoms with Crippen molar-refractivity contribution in [3.63, 3.8) is 0 Å². The van der Waals surface area contributed by atoms with Crippen molar-refractivity contribution in [3.8, 4) is 56.4 Å². The van der Waals surface area contributed by atoms with Gasteiger partial charge in [-0.05, 0) is 82.5 Å². The Morgan fingerprint density at radius 3 is 1.60 bits per heavy atom. The molecule has 3 nitrogen and oxygen atoms in total. The van der Waals surface area contributed by atoms with E-state index in [0.29, 0.717) is 17.5 Å². The summed E-state index contributed by atoms with van der Waals surface area (Å²) in [5.74, 6) is 1.98. The minimum atomic E-state index is -0.127. The molecule has 0 fully saturated rings. The van der Waals surface area contributed by atoms with Crippen LogP contribution in [0.15, 0.2) is 176 Å². The molecule has 3 heteroatoms. The van der Waals surface area contributed by atoms with Crippen molar-refractivity contribution in [1.29, 1.82) is 0 Å². The van der Waals surface area contributed by atoms with E-state index in [1.807, 2.05) is 18.2 Å². The van der Waals surface area contributed by atoms with Gasteiger partial charge in [0.15, 0.2) is 17.5 Å². The first kappa shape index (κ1) is 31.5. The number of hydrogen-bond donors (Lipinski definition) is 0. The van der Waals surface area contributed by atoms with Crippen LogP contribution in [0.3, 0.4) is 0 Å². The molecule has 0 N–H and O–H groups in total. The molecule has 0 atom stereocenters. The van der Waals surface area contributed by atoms with Gasteiger partial charge in [-0.3, -0.25) is 0 Å². The van der Waals surface area contributed by atoms with Crippen molar-refractivity contribution in [1.82, 2.24) is 15.0 Å². The molecule has 0 bridgehead atoms. The third-order valence-electron chi connectivity index (χ3n) is 11.7. The molecule has 258 valence electrons. The monoisotopic (exact) mass is 701 g/mol. The molecule has 10 aromatic rings. The zero-order chi connectivity index (χ0) is 36.7. The third-order valence-corrected chi connectivity index (χ3v) is 11.7. The number of hydrogen-bond acceptors (Lipinski definition) is 3. The van der Waals surface area contributed by atoms with Crippen LogP contribution in [0.25, 0.3) is 99.5 Å². The molecule has 11 rings (SSSR count). The second kappa shape index (κ2) is 12.0. The molecule has 9 aromatic carbocycles. The van der Waals surface area contributed by atoms with Crippen molar-refractivity contribution >= 4 is 43.1 Å². The van der Waals surface area contributed by atoms with E-state index < -0.39 is 0 Å². The van der Waals surface area contributed by atoms with Crippen LogP contribution in [-0.4, -0.2) is 15.0 Å². The molecule has 55 heavy (non-hydrogen) atoms. The van der Waals surface area contributed by atoms with E-state index in [2.05, 4.69) is 172 Å². The summed E-state index contributed by atoms with van der Waals surface area (Å²) in [6, 6.07) is 63.1. The molecular weight excluding hydrogens is 667 g/mol. The maximum atomic E-state index is 5.28. The topological polar surface area (TPSA) is 38.7 Å². The smallest absolute Gasteiger partial charge is 0.164 e. The summed E-state index contributed by atoms with van der Waals surface area (Å²) in [7, 11) is 0. The Hall–Kier alpha value is -6.97. The highest BCUT2D eigenvalue weighted by Crippen LogP contribution is 2.51. The molecule has 0 aliphatic heterocycles. The predicted octanol–water partition coefficient (Wildman–Crippen LogP) is 13.5. The molecule has 0 saturated heterocycles. The summed E-state index contributed by atoms with van der Waals surface area (Å²) in [5, 5.41) is 10.2. The summed E-state index contributed by atoms with van der Waals surface area (Å²) in [4.78, 5) is 15.6. The molecule has 0 radical (unpaired) electrons. The van der Waals surface area contributed by atoms with Crippen molar-refractivity contribution in [3.05, 3.63) is 187 Å². The average Bonchev–Trinajstić information content (AvgIpc) is 3.49. The van der Waals surface area contributed by atoms with Crippen molar-refractivity contribution in [2.75, 3.05) is 0 Å². The number of fused-ring (bicyclic) bond motifs is 11. The van der Waals surface area contributed by atoms with Crippen LogP contribution in [0.4, 0.5) is 0 Å². The van der Waals surface area contributed by atoms with Gasteiger partial charge in [0, 0.05) is 22.1 Å². The first-order valence-electron chi connectivity index (χ1n) is 19.0. The zero-order valence-corrected chi connectivity index (χ0v) is 30.6. The van der Waals surface area contributed by atoms with E-state index in [9.17, 15) is 0 Å². The van der Waals surface area contributed by atoms with Crippen molar-refractivity contribution in [2.45, 2.75) is 19.3 Å². The Bertz CT molecular complexity index is 3140. The molecule has 0 spiro atoms. The van der Waals surface area contributed by atoms with Gasteiger partial charge in [-0.1, -0.05) is 184 Å². The summed E-state index contributed by atoms with van der Waals surface area (Å²) >= 11 is 0. The summed E-state index contributed by atoms with van der Waals surface area (Å²) in [6.07, 6.45) is 0. The lowest BCUT2D eigenvalue weighted by molar-refractivity contribution is 0.660. The lowest BCUT2D eigenvalue weighted by Gasteiger charge is -2.21. The normalized spacial score (nSPS) is 13.1. The molecule has 0 unspecified atom stereocenters. The summed E-state index contributed by atoms with van der Waals surface area (Å²) in [6.45, 7) is 4.61. The fraction of sp³-hybridized carbons (Fsp3) is 0.0577. The van der Waals surface area contributed by atoms with Crippen LogP contribution in [-0.2, 0) is 5.41 Å². The highest BCUT2D eigenvalue weighted by molar-refractivity contribution is 6.32. The van der Waals surface area contributed by atoms with Gasteiger partial charge in [0.2, 0.25) is 0 Å². The second-order valence-corrected chi connectivity index (χ2v) is 15.1.